The minimum absolute atomic E-state index is 0.0216. The van der Waals surface area contributed by atoms with Crippen LogP contribution in [0.4, 0.5) is 5.95 Å². The second kappa shape index (κ2) is 10.3. The average Bonchev–Trinajstić information content (AvgIpc) is 3.15. The number of nitrogens with one attached hydrogen (secondary N) is 1. The Labute approximate surface area is 163 Å². The van der Waals surface area contributed by atoms with Gasteiger partial charge in [0.15, 0.2) is 5.16 Å². The lowest BCUT2D eigenvalue weighted by atomic mass is 10.3. The number of benzene rings is 1. The molecule has 1 N–H and O–H groups in total. The molecular formula is C18H25N5O3S. The van der Waals surface area contributed by atoms with Gasteiger partial charge < -0.3 is 19.7 Å². The van der Waals surface area contributed by atoms with Crippen molar-refractivity contribution in [3.63, 3.8) is 0 Å². The molecule has 1 aromatic heterocycles. The highest BCUT2D eigenvalue weighted by molar-refractivity contribution is 7.99. The fourth-order valence-corrected chi connectivity index (χ4v) is 3.53. The first-order chi connectivity index (χ1) is 13.3. The average molecular weight is 391 g/mol. The zero-order valence-corrected chi connectivity index (χ0v) is 16.3. The summed E-state index contributed by atoms with van der Waals surface area (Å²) in [6.45, 7) is 4.14. The van der Waals surface area contributed by atoms with Gasteiger partial charge in [-0.3, -0.25) is 9.36 Å². The van der Waals surface area contributed by atoms with Gasteiger partial charge in [-0.05, 0) is 18.6 Å². The van der Waals surface area contributed by atoms with Crippen molar-refractivity contribution >= 4 is 23.6 Å². The number of amides is 1. The molecule has 1 amide bonds. The van der Waals surface area contributed by atoms with E-state index in [1.165, 1.54) is 11.8 Å². The van der Waals surface area contributed by atoms with Crippen molar-refractivity contribution in [3.05, 3.63) is 30.3 Å². The van der Waals surface area contributed by atoms with E-state index in [1.807, 2.05) is 34.9 Å². The van der Waals surface area contributed by atoms with Crippen LogP contribution in [0.1, 0.15) is 6.42 Å². The summed E-state index contributed by atoms with van der Waals surface area (Å²) in [5.74, 6) is 1.06. The van der Waals surface area contributed by atoms with Gasteiger partial charge in [0, 0.05) is 33.4 Å². The molecule has 0 saturated carbocycles. The zero-order chi connectivity index (χ0) is 18.9. The van der Waals surface area contributed by atoms with Crippen molar-refractivity contribution in [3.8, 4) is 5.69 Å². The van der Waals surface area contributed by atoms with Gasteiger partial charge >= 0.3 is 0 Å². The number of carbonyl (C=O) groups is 1. The summed E-state index contributed by atoms with van der Waals surface area (Å²) in [5, 5.41) is 12.3. The zero-order valence-electron chi connectivity index (χ0n) is 15.5. The lowest BCUT2D eigenvalue weighted by Crippen LogP contribution is -2.37. The van der Waals surface area contributed by atoms with Gasteiger partial charge in [0.05, 0.1) is 24.7 Å². The minimum atomic E-state index is -0.0216. The Kier molecular flexibility index (Phi) is 7.49. The molecule has 0 atom stereocenters. The van der Waals surface area contributed by atoms with Gasteiger partial charge in [-0.1, -0.05) is 30.0 Å². The fraction of sp³-hybridized carbons (Fsp3) is 0.500. The highest BCUT2D eigenvalue weighted by Crippen LogP contribution is 2.26. The molecule has 1 fully saturated rings. The molecule has 9 heteroatoms. The standard InChI is InChI=1S/C18H25N5O3S/c1-25-11-5-8-19-16(24)14-27-18-21-20-17(22-9-12-26-13-10-22)23(18)15-6-3-2-4-7-15/h2-4,6-7H,5,8-14H2,1H3,(H,19,24). The van der Waals surface area contributed by atoms with Crippen molar-refractivity contribution in [2.45, 2.75) is 11.6 Å². The van der Waals surface area contributed by atoms with E-state index in [0.717, 1.165) is 31.1 Å². The highest BCUT2D eigenvalue weighted by atomic mass is 32.2. The van der Waals surface area contributed by atoms with E-state index in [0.29, 0.717) is 37.3 Å². The third kappa shape index (κ3) is 5.44. The molecule has 0 radical (unpaired) electrons. The molecule has 1 saturated heterocycles. The number of para-hydroxylation sites is 1. The monoisotopic (exact) mass is 391 g/mol. The number of nitrogens with zero attached hydrogens (tertiary/aromatic N) is 4. The lowest BCUT2D eigenvalue weighted by molar-refractivity contribution is -0.118. The van der Waals surface area contributed by atoms with E-state index in [2.05, 4.69) is 20.4 Å². The van der Waals surface area contributed by atoms with E-state index in [4.69, 9.17) is 9.47 Å². The van der Waals surface area contributed by atoms with Crippen LogP contribution in [0.2, 0.25) is 0 Å². The largest absolute Gasteiger partial charge is 0.385 e. The van der Waals surface area contributed by atoms with Gasteiger partial charge in [0.2, 0.25) is 11.9 Å². The summed E-state index contributed by atoms with van der Waals surface area (Å²) in [6.07, 6.45) is 0.800. The number of hydrogen-bond donors (Lipinski definition) is 1. The molecule has 1 aromatic carbocycles. The first kappa shape index (κ1) is 19.7. The molecule has 8 nitrogen and oxygen atoms in total. The van der Waals surface area contributed by atoms with Crippen molar-refractivity contribution in [1.82, 2.24) is 20.1 Å². The van der Waals surface area contributed by atoms with Crippen LogP contribution in [0.3, 0.4) is 0 Å². The van der Waals surface area contributed by atoms with Gasteiger partial charge in [0.25, 0.3) is 0 Å². The van der Waals surface area contributed by atoms with Crippen LogP contribution in [-0.4, -0.2) is 73.0 Å². The summed E-state index contributed by atoms with van der Waals surface area (Å²) < 4.78 is 12.4. The number of hydrogen-bond acceptors (Lipinski definition) is 7. The summed E-state index contributed by atoms with van der Waals surface area (Å²) in [6, 6.07) is 9.97. The Bertz CT molecular complexity index is 719. The van der Waals surface area contributed by atoms with E-state index < -0.39 is 0 Å². The van der Waals surface area contributed by atoms with Crippen LogP contribution in [-0.2, 0) is 14.3 Å². The van der Waals surface area contributed by atoms with Crippen molar-refractivity contribution in [1.29, 1.82) is 0 Å². The molecule has 1 aliphatic heterocycles. The molecular weight excluding hydrogens is 366 g/mol. The predicted octanol–water partition coefficient (Wildman–Crippen LogP) is 1.35. The van der Waals surface area contributed by atoms with Gasteiger partial charge in [0.1, 0.15) is 0 Å². The van der Waals surface area contributed by atoms with E-state index in [9.17, 15) is 4.79 Å². The number of aromatic nitrogens is 3. The smallest absolute Gasteiger partial charge is 0.232 e. The summed E-state index contributed by atoms with van der Waals surface area (Å²) in [5.41, 5.74) is 0.979. The minimum Gasteiger partial charge on any atom is -0.385 e. The van der Waals surface area contributed by atoms with Gasteiger partial charge in [-0.2, -0.15) is 0 Å². The second-order valence-electron chi connectivity index (χ2n) is 6.04. The lowest BCUT2D eigenvalue weighted by Gasteiger charge is -2.27. The Morgan fingerprint density at radius 3 is 2.78 bits per heavy atom. The normalized spacial score (nSPS) is 14.3. The SMILES string of the molecule is COCCCNC(=O)CSc1nnc(N2CCOCC2)n1-c1ccccc1. The predicted molar refractivity (Wildman–Crippen MR) is 105 cm³/mol. The van der Waals surface area contributed by atoms with Gasteiger partial charge in [-0.25, -0.2) is 0 Å². The van der Waals surface area contributed by atoms with Crippen molar-refractivity contribution in [2.24, 2.45) is 0 Å². The second-order valence-corrected chi connectivity index (χ2v) is 6.98. The summed E-state index contributed by atoms with van der Waals surface area (Å²) in [4.78, 5) is 14.2. The number of ether oxygens (including phenoxy) is 2. The molecule has 2 heterocycles. The maximum Gasteiger partial charge on any atom is 0.232 e. The topological polar surface area (TPSA) is 81.5 Å². The third-order valence-corrected chi connectivity index (χ3v) is 5.03. The maximum atomic E-state index is 12.1. The molecule has 146 valence electrons. The Morgan fingerprint density at radius 2 is 2.04 bits per heavy atom. The van der Waals surface area contributed by atoms with Crippen molar-refractivity contribution < 1.29 is 14.3 Å². The summed E-state index contributed by atoms with van der Waals surface area (Å²) in [7, 11) is 1.65. The molecule has 27 heavy (non-hydrogen) atoms. The fourth-order valence-electron chi connectivity index (χ4n) is 2.75. The molecule has 0 spiro atoms. The van der Waals surface area contributed by atoms with Crippen LogP contribution in [0.5, 0.6) is 0 Å². The first-order valence-electron chi connectivity index (χ1n) is 9.01. The molecule has 1 aliphatic rings. The first-order valence-corrected chi connectivity index (χ1v) is 10.00. The molecule has 0 aliphatic carbocycles. The third-order valence-electron chi connectivity index (χ3n) is 4.10. The van der Waals surface area contributed by atoms with E-state index in [-0.39, 0.29) is 5.91 Å². The number of methoxy groups -OCH3 is 1. The number of anilines is 1. The number of rotatable bonds is 9. The Balaban J connectivity index is 1.71. The highest BCUT2D eigenvalue weighted by Gasteiger charge is 2.22. The number of carbonyl (C=O) groups excluding carboxylic acids is 1. The Hall–Kier alpha value is -2.10. The molecule has 0 bridgehead atoms. The summed E-state index contributed by atoms with van der Waals surface area (Å²) >= 11 is 1.39. The van der Waals surface area contributed by atoms with Crippen LogP contribution in [0.25, 0.3) is 5.69 Å². The van der Waals surface area contributed by atoms with Gasteiger partial charge in [-0.15, -0.1) is 10.2 Å². The van der Waals surface area contributed by atoms with Crippen LogP contribution < -0.4 is 10.2 Å². The quantitative estimate of drug-likeness (QED) is 0.510. The van der Waals surface area contributed by atoms with E-state index in [1.54, 1.807) is 7.11 Å². The molecule has 2 aromatic rings. The van der Waals surface area contributed by atoms with Crippen LogP contribution in [0.15, 0.2) is 35.5 Å². The Morgan fingerprint density at radius 1 is 1.26 bits per heavy atom. The molecule has 0 unspecified atom stereocenters. The molecule has 3 rings (SSSR count). The number of thioether (sulfide) groups is 1. The maximum absolute atomic E-state index is 12.1. The van der Waals surface area contributed by atoms with E-state index >= 15 is 0 Å². The number of morpholine rings is 1. The van der Waals surface area contributed by atoms with Crippen molar-refractivity contribution in [2.75, 3.05) is 57.2 Å². The van der Waals surface area contributed by atoms with Crippen LogP contribution >= 0.6 is 11.8 Å². The van der Waals surface area contributed by atoms with Crippen LogP contribution in [0, 0.1) is 0 Å².